The quantitative estimate of drug-likeness (QED) is 0.231. The number of amides is 1. The molecule has 1 aliphatic rings. The predicted molar refractivity (Wildman–Crippen MR) is 155 cm³/mol. The van der Waals surface area contributed by atoms with E-state index in [-0.39, 0.29) is 47.6 Å². The van der Waals surface area contributed by atoms with Gasteiger partial charge in [-0.3, -0.25) is 14.3 Å². The molecule has 3 rings (SSSR count). The monoisotopic (exact) mass is 606 g/mol. The number of nitrogens with one attached hydrogen (secondary N) is 3. The SMILES string of the molecule is CC(C)(C)C[C@@H]1N[C@@H](C(=O)Nc2ccn(CC(C)(C)OCC(O)CNCC(=O)O)n2)[C@H](c2cccc(Cl)c2F)[C@H]1C#N. The topological polar surface area (TPSA) is 162 Å². The van der Waals surface area contributed by atoms with Gasteiger partial charge < -0.3 is 30.9 Å². The lowest BCUT2D eigenvalue weighted by atomic mass is 9.78. The number of halogens is 2. The van der Waals surface area contributed by atoms with Gasteiger partial charge in [0.1, 0.15) is 5.82 Å². The fourth-order valence-corrected chi connectivity index (χ4v) is 5.37. The van der Waals surface area contributed by atoms with E-state index >= 15 is 4.39 Å². The first-order valence-electron chi connectivity index (χ1n) is 13.8. The molecule has 1 fully saturated rings. The van der Waals surface area contributed by atoms with Crippen molar-refractivity contribution >= 4 is 29.3 Å². The fourth-order valence-electron chi connectivity index (χ4n) is 5.18. The number of aliphatic carboxylic acids is 1. The Balaban J connectivity index is 1.71. The van der Waals surface area contributed by atoms with Crippen molar-refractivity contribution in [2.24, 2.45) is 11.3 Å². The molecule has 2 aromatic rings. The van der Waals surface area contributed by atoms with Crippen LogP contribution in [-0.4, -0.2) is 75.4 Å². The summed E-state index contributed by atoms with van der Waals surface area (Å²) in [6.45, 7) is 9.83. The molecule has 0 spiro atoms. The van der Waals surface area contributed by atoms with Crippen molar-refractivity contribution in [3.63, 3.8) is 0 Å². The lowest BCUT2D eigenvalue weighted by Gasteiger charge is -2.26. The van der Waals surface area contributed by atoms with E-state index in [1.54, 1.807) is 29.1 Å². The van der Waals surface area contributed by atoms with Crippen LogP contribution in [0.15, 0.2) is 30.5 Å². The minimum Gasteiger partial charge on any atom is -0.480 e. The number of hydrogen-bond acceptors (Lipinski definition) is 8. The van der Waals surface area contributed by atoms with Gasteiger partial charge in [0.05, 0.1) is 54.5 Å². The summed E-state index contributed by atoms with van der Waals surface area (Å²) >= 11 is 6.07. The van der Waals surface area contributed by atoms with Crippen LogP contribution in [-0.2, 0) is 20.9 Å². The smallest absolute Gasteiger partial charge is 0.317 e. The summed E-state index contributed by atoms with van der Waals surface area (Å²) in [6.07, 6.45) is 1.37. The zero-order chi connectivity index (χ0) is 31.2. The van der Waals surface area contributed by atoms with Gasteiger partial charge in [-0.2, -0.15) is 10.4 Å². The molecule has 5 atom stereocenters. The lowest BCUT2D eigenvalue weighted by molar-refractivity contribution is -0.136. The van der Waals surface area contributed by atoms with Gasteiger partial charge in [0.2, 0.25) is 5.91 Å². The molecule has 230 valence electrons. The van der Waals surface area contributed by atoms with E-state index < -0.39 is 47.3 Å². The van der Waals surface area contributed by atoms with Crippen molar-refractivity contribution in [2.75, 3.05) is 25.0 Å². The highest BCUT2D eigenvalue weighted by atomic mass is 35.5. The molecule has 0 aliphatic carbocycles. The summed E-state index contributed by atoms with van der Waals surface area (Å²) in [5.74, 6) is -3.28. The third kappa shape index (κ3) is 9.21. The van der Waals surface area contributed by atoms with E-state index in [1.165, 1.54) is 6.07 Å². The van der Waals surface area contributed by atoms with Gasteiger partial charge in [-0.05, 0) is 37.3 Å². The molecule has 0 saturated carbocycles. The number of hydrogen-bond donors (Lipinski definition) is 5. The molecule has 1 amide bonds. The summed E-state index contributed by atoms with van der Waals surface area (Å²) in [6, 6.07) is 7.28. The molecule has 1 saturated heterocycles. The van der Waals surface area contributed by atoms with Crippen LogP contribution in [0.3, 0.4) is 0 Å². The van der Waals surface area contributed by atoms with Crippen molar-refractivity contribution in [1.29, 1.82) is 5.26 Å². The van der Waals surface area contributed by atoms with Gasteiger partial charge in [-0.15, -0.1) is 0 Å². The number of aliphatic hydroxyl groups is 1. The van der Waals surface area contributed by atoms with Gasteiger partial charge in [0.25, 0.3) is 0 Å². The predicted octanol–water partition coefficient (Wildman–Crippen LogP) is 3.14. The lowest BCUT2D eigenvalue weighted by Crippen LogP contribution is -2.42. The van der Waals surface area contributed by atoms with Crippen molar-refractivity contribution in [2.45, 2.75) is 77.3 Å². The highest BCUT2D eigenvalue weighted by Gasteiger charge is 2.49. The Bertz CT molecular complexity index is 1290. The van der Waals surface area contributed by atoms with Crippen LogP contribution < -0.4 is 16.0 Å². The number of rotatable bonds is 13. The Morgan fingerprint density at radius 3 is 2.64 bits per heavy atom. The Morgan fingerprint density at radius 2 is 2.00 bits per heavy atom. The first-order valence-corrected chi connectivity index (χ1v) is 14.2. The van der Waals surface area contributed by atoms with Gasteiger partial charge in [0, 0.05) is 30.8 Å². The maximum Gasteiger partial charge on any atom is 0.317 e. The molecule has 13 heteroatoms. The van der Waals surface area contributed by atoms with Crippen molar-refractivity contribution in [1.82, 2.24) is 20.4 Å². The number of benzene rings is 1. The molecule has 1 aliphatic heterocycles. The van der Waals surface area contributed by atoms with Gasteiger partial charge in [-0.25, -0.2) is 4.39 Å². The number of carboxylic acids is 1. The highest BCUT2D eigenvalue weighted by molar-refractivity contribution is 6.30. The Morgan fingerprint density at radius 1 is 1.29 bits per heavy atom. The van der Waals surface area contributed by atoms with E-state index in [0.717, 1.165) is 0 Å². The molecular weight excluding hydrogens is 567 g/mol. The van der Waals surface area contributed by atoms with Crippen LogP contribution in [0.25, 0.3) is 0 Å². The average Bonchev–Trinajstić information content (AvgIpc) is 3.46. The van der Waals surface area contributed by atoms with E-state index in [1.807, 2.05) is 34.6 Å². The fraction of sp³-hybridized carbons (Fsp3) is 0.586. The Kier molecular flexibility index (Phi) is 11.1. The summed E-state index contributed by atoms with van der Waals surface area (Å²) in [4.78, 5) is 24.2. The molecule has 5 N–H and O–H groups in total. The second kappa shape index (κ2) is 13.9. The maximum absolute atomic E-state index is 15.2. The molecule has 0 radical (unpaired) electrons. The number of carboxylic acid groups (broad SMARTS) is 1. The van der Waals surface area contributed by atoms with E-state index in [2.05, 4.69) is 27.1 Å². The summed E-state index contributed by atoms with van der Waals surface area (Å²) in [5.41, 5.74) is -0.680. The van der Waals surface area contributed by atoms with E-state index in [0.29, 0.717) is 13.0 Å². The number of carbonyl (C=O) groups is 2. The van der Waals surface area contributed by atoms with Crippen LogP contribution in [0.5, 0.6) is 0 Å². The average molecular weight is 607 g/mol. The van der Waals surface area contributed by atoms with E-state index in [4.69, 9.17) is 21.4 Å². The number of aromatic nitrogens is 2. The van der Waals surface area contributed by atoms with Gasteiger partial charge in [-0.1, -0.05) is 44.5 Å². The molecule has 1 aromatic heterocycles. The van der Waals surface area contributed by atoms with Gasteiger partial charge >= 0.3 is 5.97 Å². The Hall–Kier alpha value is -3.08. The summed E-state index contributed by atoms with van der Waals surface area (Å²) < 4.78 is 22.6. The van der Waals surface area contributed by atoms with Crippen molar-refractivity contribution in [3.05, 3.63) is 46.9 Å². The van der Waals surface area contributed by atoms with Crippen LogP contribution in [0.4, 0.5) is 10.2 Å². The largest absolute Gasteiger partial charge is 0.480 e. The number of nitrogens with zero attached hydrogens (tertiary/aromatic N) is 3. The summed E-state index contributed by atoms with van der Waals surface area (Å²) in [7, 11) is 0. The third-order valence-corrected chi connectivity index (χ3v) is 7.23. The minimum atomic E-state index is -1.02. The number of nitriles is 1. The molecule has 11 nitrogen and oxygen atoms in total. The van der Waals surface area contributed by atoms with Crippen LogP contribution in [0.1, 0.15) is 52.5 Å². The van der Waals surface area contributed by atoms with Crippen LogP contribution in [0.2, 0.25) is 5.02 Å². The standard InChI is InChI=1S/C29H40ClFN6O5/c1-28(2,3)11-21-19(12-32)24(18-7-6-8-20(30)25(18)31)26(34-21)27(41)35-22-9-10-37(36-22)16-29(4,5)42-15-17(38)13-33-14-23(39)40/h6-10,17,19,21,24,26,33-34,38H,11,13-16H2,1-5H3,(H,39,40)(H,35,36,41)/t17?,19-,21-,24+,26+/m0/s1. The number of anilines is 1. The Labute approximate surface area is 250 Å². The number of ether oxygens (including phenoxy) is 1. The zero-order valence-corrected chi connectivity index (χ0v) is 25.3. The second-order valence-electron chi connectivity index (χ2n) is 12.5. The van der Waals surface area contributed by atoms with Gasteiger partial charge in [0.15, 0.2) is 5.82 Å². The van der Waals surface area contributed by atoms with Crippen molar-refractivity contribution in [3.8, 4) is 6.07 Å². The van der Waals surface area contributed by atoms with Crippen molar-refractivity contribution < 1.29 is 28.9 Å². The maximum atomic E-state index is 15.2. The first-order chi connectivity index (χ1) is 19.6. The normalized spacial score (nSPS) is 21.6. The third-order valence-electron chi connectivity index (χ3n) is 6.93. The summed E-state index contributed by atoms with van der Waals surface area (Å²) in [5, 5.41) is 41.9. The molecule has 1 unspecified atom stereocenters. The molecule has 42 heavy (non-hydrogen) atoms. The molecule has 0 bridgehead atoms. The number of aliphatic hydroxyl groups excluding tert-OH is 1. The number of carbonyl (C=O) groups excluding carboxylic acids is 1. The zero-order valence-electron chi connectivity index (χ0n) is 24.5. The first kappa shape index (κ1) is 33.4. The molecule has 1 aromatic carbocycles. The molecular formula is C29H40ClFN6O5. The molecule has 2 heterocycles. The second-order valence-corrected chi connectivity index (χ2v) is 12.9. The van der Waals surface area contributed by atoms with Crippen LogP contribution in [0, 0.1) is 28.5 Å². The highest BCUT2D eigenvalue weighted by Crippen LogP contribution is 2.42. The van der Waals surface area contributed by atoms with Crippen LogP contribution >= 0.6 is 11.6 Å². The van der Waals surface area contributed by atoms with E-state index in [9.17, 15) is 20.0 Å². The minimum absolute atomic E-state index is 0.0188.